The summed E-state index contributed by atoms with van der Waals surface area (Å²) in [5, 5.41) is 9.04. The highest BCUT2D eigenvalue weighted by Crippen LogP contribution is 2.14. The van der Waals surface area contributed by atoms with Crippen molar-refractivity contribution >= 4 is 23.2 Å². The van der Waals surface area contributed by atoms with E-state index in [-0.39, 0.29) is 12.5 Å². The number of likely N-dealkylation sites (N-methyl/N-ethyl adjacent to an activating group) is 1. The molecule has 144 valence electrons. The molecule has 0 saturated carbocycles. The Balaban J connectivity index is 1.75. The van der Waals surface area contributed by atoms with Crippen LogP contribution in [0.4, 0.5) is 11.4 Å². The second-order valence-electron chi connectivity index (χ2n) is 6.06. The van der Waals surface area contributed by atoms with Crippen LogP contribution in [0.2, 0.25) is 0 Å². The van der Waals surface area contributed by atoms with Gasteiger partial charge in [-0.1, -0.05) is 12.1 Å². The number of carbonyl (C=O) groups excluding carboxylic acids is 1. The van der Waals surface area contributed by atoms with Crippen LogP contribution in [0.5, 0.6) is 0 Å². The van der Waals surface area contributed by atoms with Gasteiger partial charge in [-0.2, -0.15) is 0 Å². The average molecular weight is 368 g/mol. The monoisotopic (exact) mass is 368 g/mol. The van der Waals surface area contributed by atoms with Crippen LogP contribution in [-0.4, -0.2) is 50.1 Å². The summed E-state index contributed by atoms with van der Waals surface area (Å²) in [7, 11) is 1.69. The van der Waals surface area contributed by atoms with Gasteiger partial charge in [-0.15, -0.1) is 0 Å². The van der Waals surface area contributed by atoms with E-state index in [1.54, 1.807) is 31.6 Å². The molecule has 0 unspecified atom stereocenters. The number of benzene rings is 1. The van der Waals surface area contributed by atoms with E-state index in [0.717, 1.165) is 13.1 Å². The molecule has 1 aromatic carbocycles. The van der Waals surface area contributed by atoms with E-state index in [1.165, 1.54) is 11.3 Å². The van der Waals surface area contributed by atoms with Gasteiger partial charge in [0.1, 0.15) is 0 Å². The molecular formula is C20H28N6O. The Bertz CT molecular complexity index is 747. The zero-order chi connectivity index (χ0) is 19.5. The number of anilines is 2. The van der Waals surface area contributed by atoms with Crippen LogP contribution in [0.15, 0.2) is 53.8 Å². The summed E-state index contributed by atoms with van der Waals surface area (Å²) in [6, 6.07) is 12.0. The van der Waals surface area contributed by atoms with Gasteiger partial charge in [-0.25, -0.2) is 0 Å². The van der Waals surface area contributed by atoms with Crippen molar-refractivity contribution in [3.8, 4) is 0 Å². The number of nitrogens with zero attached hydrogens (tertiary/aromatic N) is 3. The zero-order valence-corrected chi connectivity index (χ0v) is 16.2. The fourth-order valence-electron chi connectivity index (χ4n) is 2.63. The molecule has 0 aliphatic heterocycles. The number of carbonyl (C=O) groups is 1. The smallest absolute Gasteiger partial charge is 0.243 e. The van der Waals surface area contributed by atoms with E-state index >= 15 is 0 Å². The minimum atomic E-state index is -0.152. The third kappa shape index (κ3) is 6.97. The number of aromatic nitrogens is 1. The number of amides is 1. The molecule has 0 radical (unpaired) electrons. The third-order valence-corrected chi connectivity index (χ3v) is 4.01. The maximum absolute atomic E-state index is 12.0. The Morgan fingerprint density at radius 1 is 1.22 bits per heavy atom. The molecular weight excluding hydrogens is 340 g/mol. The molecule has 0 aliphatic carbocycles. The number of pyridine rings is 1. The summed E-state index contributed by atoms with van der Waals surface area (Å²) < 4.78 is 0. The fourth-order valence-corrected chi connectivity index (χ4v) is 2.63. The molecule has 1 heterocycles. The van der Waals surface area contributed by atoms with Gasteiger partial charge in [-0.05, 0) is 43.7 Å². The molecule has 1 aromatic heterocycles. The molecule has 0 fully saturated rings. The van der Waals surface area contributed by atoms with Gasteiger partial charge in [0, 0.05) is 38.6 Å². The number of guanidine groups is 1. The summed E-state index contributed by atoms with van der Waals surface area (Å²) >= 11 is 0. The van der Waals surface area contributed by atoms with Gasteiger partial charge in [0.05, 0.1) is 18.4 Å². The molecule has 1 amide bonds. The van der Waals surface area contributed by atoms with Crippen molar-refractivity contribution in [3.05, 3.63) is 54.4 Å². The van der Waals surface area contributed by atoms with Crippen LogP contribution < -0.4 is 20.9 Å². The van der Waals surface area contributed by atoms with E-state index in [1.807, 2.05) is 0 Å². The lowest BCUT2D eigenvalue weighted by molar-refractivity contribution is -0.115. The van der Waals surface area contributed by atoms with Gasteiger partial charge < -0.3 is 20.9 Å². The van der Waals surface area contributed by atoms with Crippen molar-refractivity contribution in [2.45, 2.75) is 13.8 Å². The summed E-state index contributed by atoms with van der Waals surface area (Å²) in [5.74, 6) is 0.442. The second kappa shape index (κ2) is 10.8. The normalized spacial score (nSPS) is 11.0. The molecule has 0 aliphatic rings. The molecule has 3 N–H and O–H groups in total. The number of hydrogen-bond acceptors (Lipinski definition) is 4. The summed E-state index contributed by atoms with van der Waals surface area (Å²) in [5.41, 5.74) is 3.12. The van der Waals surface area contributed by atoms with Gasteiger partial charge in [0.15, 0.2) is 5.96 Å². The predicted molar refractivity (Wildman–Crippen MR) is 111 cm³/mol. The highest BCUT2D eigenvalue weighted by atomic mass is 16.1. The Morgan fingerprint density at radius 3 is 2.74 bits per heavy atom. The SMILES string of the molecule is CCN(CCNC(=NC)NCC(=O)Nc1cccnc1)c1cccc(C)c1. The standard InChI is InChI=1S/C20H28N6O/c1-4-26(18-9-5-7-16(2)13-18)12-11-23-20(21-3)24-15-19(27)25-17-8-6-10-22-14-17/h5-10,13-14H,4,11-12,15H2,1-3H3,(H,25,27)(H2,21,23,24). The Hall–Kier alpha value is -3.09. The van der Waals surface area contributed by atoms with Crippen LogP contribution in [-0.2, 0) is 4.79 Å². The fraction of sp³-hybridized carbons (Fsp3) is 0.350. The summed E-state index contributed by atoms with van der Waals surface area (Å²) in [6.07, 6.45) is 3.27. The van der Waals surface area contributed by atoms with E-state index in [9.17, 15) is 4.79 Å². The molecule has 0 bridgehead atoms. The van der Waals surface area contributed by atoms with Crippen LogP contribution in [0, 0.1) is 6.92 Å². The average Bonchev–Trinajstić information content (AvgIpc) is 2.68. The lowest BCUT2D eigenvalue weighted by atomic mass is 10.2. The molecule has 27 heavy (non-hydrogen) atoms. The first-order chi connectivity index (χ1) is 13.1. The largest absolute Gasteiger partial charge is 0.370 e. The van der Waals surface area contributed by atoms with Gasteiger partial charge in [-0.3, -0.25) is 14.8 Å². The molecule has 2 rings (SSSR count). The number of nitrogens with one attached hydrogen (secondary N) is 3. The van der Waals surface area contributed by atoms with Crippen molar-refractivity contribution < 1.29 is 4.79 Å². The van der Waals surface area contributed by atoms with Crippen LogP contribution in [0.25, 0.3) is 0 Å². The Labute approximate surface area is 160 Å². The first kappa shape index (κ1) is 20.2. The maximum Gasteiger partial charge on any atom is 0.243 e. The summed E-state index contributed by atoms with van der Waals surface area (Å²) in [4.78, 5) is 22.4. The Kier molecular flexibility index (Phi) is 8.09. The molecule has 2 aromatic rings. The summed E-state index contributed by atoms with van der Waals surface area (Å²) in [6.45, 7) is 6.83. The quantitative estimate of drug-likeness (QED) is 0.491. The van der Waals surface area contributed by atoms with Crippen LogP contribution in [0.1, 0.15) is 12.5 Å². The third-order valence-electron chi connectivity index (χ3n) is 4.01. The number of aryl methyl sites for hydroxylation is 1. The second-order valence-corrected chi connectivity index (χ2v) is 6.06. The van der Waals surface area contributed by atoms with Crippen molar-refractivity contribution in [2.24, 2.45) is 4.99 Å². The van der Waals surface area contributed by atoms with Crippen molar-refractivity contribution in [1.29, 1.82) is 0 Å². The lowest BCUT2D eigenvalue weighted by Gasteiger charge is -2.24. The van der Waals surface area contributed by atoms with Crippen LogP contribution in [0.3, 0.4) is 0 Å². The number of rotatable bonds is 8. The molecule has 0 spiro atoms. The molecule has 7 nitrogen and oxygen atoms in total. The first-order valence-electron chi connectivity index (χ1n) is 9.08. The van der Waals surface area contributed by atoms with Crippen molar-refractivity contribution in [1.82, 2.24) is 15.6 Å². The predicted octanol–water partition coefficient (Wildman–Crippen LogP) is 2.02. The first-order valence-corrected chi connectivity index (χ1v) is 9.08. The van der Waals surface area contributed by atoms with Crippen molar-refractivity contribution in [3.63, 3.8) is 0 Å². The van der Waals surface area contributed by atoms with E-state index in [4.69, 9.17) is 0 Å². The molecule has 0 saturated heterocycles. The van der Waals surface area contributed by atoms with Gasteiger partial charge in [0.25, 0.3) is 0 Å². The Morgan fingerprint density at radius 2 is 2.07 bits per heavy atom. The van der Waals surface area contributed by atoms with E-state index in [0.29, 0.717) is 18.2 Å². The molecule has 0 atom stereocenters. The van der Waals surface area contributed by atoms with Gasteiger partial charge >= 0.3 is 0 Å². The minimum absolute atomic E-state index is 0.129. The van der Waals surface area contributed by atoms with Gasteiger partial charge in [0.2, 0.25) is 5.91 Å². The lowest BCUT2D eigenvalue weighted by Crippen LogP contribution is -2.44. The zero-order valence-electron chi connectivity index (χ0n) is 16.2. The van der Waals surface area contributed by atoms with Crippen molar-refractivity contribution in [2.75, 3.05) is 43.4 Å². The maximum atomic E-state index is 12.0. The molecule has 7 heteroatoms. The number of hydrogen-bond donors (Lipinski definition) is 3. The van der Waals surface area contributed by atoms with E-state index < -0.39 is 0 Å². The van der Waals surface area contributed by atoms with Crippen LogP contribution >= 0.6 is 0 Å². The highest BCUT2D eigenvalue weighted by molar-refractivity contribution is 5.94. The minimum Gasteiger partial charge on any atom is -0.370 e. The topological polar surface area (TPSA) is 81.6 Å². The van der Waals surface area contributed by atoms with E-state index in [2.05, 4.69) is 68.9 Å². The number of aliphatic imine (C=N–C) groups is 1. The highest BCUT2D eigenvalue weighted by Gasteiger charge is 2.07.